The van der Waals surface area contributed by atoms with Crippen LogP contribution in [0.15, 0.2) is 53.2 Å². The Bertz CT molecular complexity index is 924. The molecule has 1 aliphatic rings. The number of nitro benzene ring substituents is 1. The number of rotatable bonds is 3. The summed E-state index contributed by atoms with van der Waals surface area (Å²) in [7, 11) is 0. The number of benzene rings is 2. The second-order valence-electron chi connectivity index (χ2n) is 4.78. The first-order chi connectivity index (χ1) is 11.5. The van der Waals surface area contributed by atoms with Crippen molar-refractivity contribution < 1.29 is 18.8 Å². The molecule has 0 aliphatic carbocycles. The quantitative estimate of drug-likeness (QED) is 0.367. The van der Waals surface area contributed by atoms with Gasteiger partial charge in [-0.1, -0.05) is 29.8 Å². The molecule has 0 spiro atoms. The van der Waals surface area contributed by atoms with E-state index in [-0.39, 0.29) is 33.4 Å². The maximum Gasteiger partial charge on any atom is 0.363 e. The number of nitrogens with zero attached hydrogens (tertiary/aromatic N) is 2. The zero-order valence-corrected chi connectivity index (χ0v) is 12.7. The van der Waals surface area contributed by atoms with Gasteiger partial charge in [0.05, 0.1) is 4.92 Å². The average Bonchev–Trinajstić information content (AvgIpc) is 2.91. The molecule has 0 N–H and O–H groups in total. The van der Waals surface area contributed by atoms with Crippen LogP contribution < -0.4 is 0 Å². The summed E-state index contributed by atoms with van der Waals surface area (Å²) in [6.45, 7) is 0. The summed E-state index contributed by atoms with van der Waals surface area (Å²) in [5, 5.41) is 10.9. The van der Waals surface area contributed by atoms with Crippen LogP contribution in [0.3, 0.4) is 0 Å². The minimum atomic E-state index is -0.772. The maximum atomic E-state index is 13.6. The molecule has 0 aromatic heterocycles. The normalized spacial score (nSPS) is 15.3. The Morgan fingerprint density at radius 2 is 2.00 bits per heavy atom. The number of cyclic esters (lactones) is 1. The number of esters is 1. The van der Waals surface area contributed by atoms with Crippen molar-refractivity contribution in [1.29, 1.82) is 0 Å². The third kappa shape index (κ3) is 3.02. The van der Waals surface area contributed by atoms with Gasteiger partial charge in [-0.15, -0.1) is 0 Å². The predicted molar refractivity (Wildman–Crippen MR) is 85.1 cm³/mol. The van der Waals surface area contributed by atoms with Gasteiger partial charge in [0.25, 0.3) is 5.69 Å². The molecule has 120 valence electrons. The number of carbonyl (C=O) groups excluding carboxylic acids is 1. The molecule has 2 aromatic rings. The van der Waals surface area contributed by atoms with Crippen LogP contribution in [0, 0.1) is 15.9 Å². The van der Waals surface area contributed by atoms with E-state index in [1.165, 1.54) is 36.4 Å². The molecule has 0 atom stereocenters. The fourth-order valence-electron chi connectivity index (χ4n) is 2.06. The molecule has 0 fully saturated rings. The first-order valence-electron chi connectivity index (χ1n) is 6.67. The maximum absolute atomic E-state index is 13.6. The monoisotopic (exact) mass is 346 g/mol. The van der Waals surface area contributed by atoms with E-state index in [0.29, 0.717) is 0 Å². The number of nitro groups is 1. The molecule has 3 rings (SSSR count). The van der Waals surface area contributed by atoms with E-state index in [4.69, 9.17) is 16.3 Å². The number of hydrogen-bond acceptors (Lipinski definition) is 5. The van der Waals surface area contributed by atoms with E-state index < -0.39 is 16.7 Å². The lowest BCUT2D eigenvalue weighted by Crippen LogP contribution is -2.06. The molecule has 0 saturated carbocycles. The lowest BCUT2D eigenvalue weighted by Gasteiger charge is -2.00. The lowest BCUT2D eigenvalue weighted by molar-refractivity contribution is -0.384. The molecule has 6 nitrogen and oxygen atoms in total. The molecule has 8 heteroatoms. The van der Waals surface area contributed by atoms with Gasteiger partial charge in [-0.2, -0.15) is 0 Å². The van der Waals surface area contributed by atoms with Crippen LogP contribution in [0.2, 0.25) is 5.02 Å². The van der Waals surface area contributed by atoms with Gasteiger partial charge in [-0.25, -0.2) is 14.2 Å². The molecule has 1 heterocycles. The predicted octanol–water partition coefficient (Wildman–Crippen LogP) is 3.73. The lowest BCUT2D eigenvalue weighted by atomic mass is 10.2. The van der Waals surface area contributed by atoms with E-state index >= 15 is 0 Å². The average molecular weight is 347 g/mol. The van der Waals surface area contributed by atoms with E-state index in [1.54, 1.807) is 6.07 Å². The largest absolute Gasteiger partial charge is 0.402 e. The Balaban J connectivity index is 2.00. The van der Waals surface area contributed by atoms with E-state index in [1.807, 2.05) is 0 Å². The van der Waals surface area contributed by atoms with Crippen molar-refractivity contribution in [2.75, 3.05) is 0 Å². The minimum Gasteiger partial charge on any atom is -0.402 e. The Labute approximate surface area is 140 Å². The third-order valence-electron chi connectivity index (χ3n) is 3.21. The van der Waals surface area contributed by atoms with Crippen LogP contribution in [-0.2, 0) is 9.53 Å². The topological polar surface area (TPSA) is 81.8 Å². The molecule has 24 heavy (non-hydrogen) atoms. The smallest absolute Gasteiger partial charge is 0.363 e. The standard InChI is InChI=1S/C16H8ClFN2O4/c17-11-6-5-10(8-14(11)20(22)23)15-19-13(16(21)24-15)7-9-3-1-2-4-12(9)18/h1-8H. The van der Waals surface area contributed by atoms with Crippen LogP contribution in [0.1, 0.15) is 11.1 Å². The molecule has 0 saturated heterocycles. The Hall–Kier alpha value is -3.06. The third-order valence-corrected chi connectivity index (χ3v) is 3.53. The van der Waals surface area contributed by atoms with Crippen LogP contribution in [0.5, 0.6) is 0 Å². The van der Waals surface area contributed by atoms with Crippen molar-refractivity contribution in [3.8, 4) is 0 Å². The van der Waals surface area contributed by atoms with Crippen molar-refractivity contribution in [2.24, 2.45) is 4.99 Å². The number of carbonyl (C=O) groups is 1. The van der Waals surface area contributed by atoms with Crippen molar-refractivity contribution in [2.45, 2.75) is 0 Å². The van der Waals surface area contributed by atoms with Gasteiger partial charge in [0, 0.05) is 17.2 Å². The van der Waals surface area contributed by atoms with Crippen LogP contribution in [0.4, 0.5) is 10.1 Å². The highest BCUT2D eigenvalue weighted by molar-refractivity contribution is 6.32. The van der Waals surface area contributed by atoms with Gasteiger partial charge >= 0.3 is 5.97 Å². The zero-order chi connectivity index (χ0) is 17.3. The molecular formula is C16H8ClFN2O4. The highest BCUT2D eigenvalue weighted by Crippen LogP contribution is 2.27. The van der Waals surface area contributed by atoms with Gasteiger partial charge in [-0.05, 0) is 24.3 Å². The summed E-state index contributed by atoms with van der Waals surface area (Å²) >= 11 is 5.74. The molecule has 0 radical (unpaired) electrons. The SMILES string of the molecule is O=C1OC(c2ccc(Cl)c([N+](=O)[O-])c2)=NC1=Cc1ccccc1F. The molecule has 0 bridgehead atoms. The number of ether oxygens (including phenoxy) is 1. The molecule has 0 unspecified atom stereocenters. The van der Waals surface area contributed by atoms with Crippen molar-refractivity contribution in [3.05, 3.63) is 80.2 Å². The van der Waals surface area contributed by atoms with Crippen molar-refractivity contribution >= 4 is 35.2 Å². The van der Waals surface area contributed by atoms with Gasteiger partial charge in [-0.3, -0.25) is 10.1 Å². The molecule has 0 amide bonds. The van der Waals surface area contributed by atoms with Crippen LogP contribution >= 0.6 is 11.6 Å². The van der Waals surface area contributed by atoms with E-state index in [0.717, 1.165) is 6.07 Å². The van der Waals surface area contributed by atoms with Crippen LogP contribution in [0.25, 0.3) is 6.08 Å². The fraction of sp³-hybridized carbons (Fsp3) is 0. The van der Waals surface area contributed by atoms with Gasteiger partial charge in [0.2, 0.25) is 5.90 Å². The number of aliphatic imine (C=N–C) groups is 1. The first kappa shape index (κ1) is 15.8. The number of hydrogen-bond donors (Lipinski definition) is 0. The Morgan fingerprint density at radius 1 is 1.25 bits per heavy atom. The van der Waals surface area contributed by atoms with E-state index in [9.17, 15) is 19.3 Å². The Morgan fingerprint density at radius 3 is 2.71 bits per heavy atom. The van der Waals surface area contributed by atoms with Gasteiger partial charge in [0.1, 0.15) is 10.8 Å². The molecular weight excluding hydrogens is 339 g/mol. The fourth-order valence-corrected chi connectivity index (χ4v) is 2.24. The number of halogens is 2. The minimum absolute atomic E-state index is 0.0456. The summed E-state index contributed by atoms with van der Waals surface area (Å²) in [5.74, 6) is -1.39. The van der Waals surface area contributed by atoms with E-state index in [2.05, 4.69) is 4.99 Å². The highest BCUT2D eigenvalue weighted by Gasteiger charge is 2.26. The Kier molecular flexibility index (Phi) is 4.09. The highest BCUT2D eigenvalue weighted by atomic mass is 35.5. The van der Waals surface area contributed by atoms with Gasteiger partial charge in [0.15, 0.2) is 5.70 Å². The molecule has 1 aliphatic heterocycles. The van der Waals surface area contributed by atoms with Crippen LogP contribution in [-0.4, -0.2) is 16.8 Å². The van der Waals surface area contributed by atoms with Crippen molar-refractivity contribution in [1.82, 2.24) is 0 Å². The summed E-state index contributed by atoms with van der Waals surface area (Å²) in [4.78, 5) is 26.1. The summed E-state index contributed by atoms with van der Waals surface area (Å²) in [5.41, 5.74) is -0.0416. The summed E-state index contributed by atoms with van der Waals surface area (Å²) < 4.78 is 18.6. The summed E-state index contributed by atoms with van der Waals surface area (Å²) in [6, 6.07) is 9.77. The van der Waals surface area contributed by atoms with Gasteiger partial charge < -0.3 is 4.74 Å². The second-order valence-corrected chi connectivity index (χ2v) is 5.19. The zero-order valence-electron chi connectivity index (χ0n) is 11.9. The second kappa shape index (κ2) is 6.21. The first-order valence-corrected chi connectivity index (χ1v) is 7.05. The molecule has 2 aromatic carbocycles. The van der Waals surface area contributed by atoms with Crippen molar-refractivity contribution in [3.63, 3.8) is 0 Å². The summed E-state index contributed by atoms with van der Waals surface area (Å²) in [6.07, 6.45) is 1.25.